The summed E-state index contributed by atoms with van der Waals surface area (Å²) in [5.41, 5.74) is 1.65. The molecule has 0 saturated carbocycles. The van der Waals surface area contributed by atoms with E-state index in [1.54, 1.807) is 17.5 Å². The van der Waals surface area contributed by atoms with Gasteiger partial charge >= 0.3 is 12.0 Å². The number of hydrogen-bond donors (Lipinski definition) is 2. The average Bonchev–Trinajstić information content (AvgIpc) is 3.35. The van der Waals surface area contributed by atoms with Gasteiger partial charge in [0, 0.05) is 27.7 Å². The highest BCUT2D eigenvalue weighted by atomic mass is 32.1. The number of hydrogen-bond acceptors (Lipinski definition) is 6. The number of urea groups is 1. The molecule has 134 valence electrons. The van der Waals surface area contributed by atoms with Gasteiger partial charge in [0.15, 0.2) is 0 Å². The number of amides is 2. The van der Waals surface area contributed by atoms with Crippen LogP contribution in [0, 0.1) is 0 Å². The Kier molecular flexibility index (Phi) is 5.98. The topological polar surface area (TPSA) is 80.3 Å². The van der Waals surface area contributed by atoms with Gasteiger partial charge < -0.3 is 15.4 Å². The van der Waals surface area contributed by atoms with Crippen LogP contribution >= 0.6 is 22.7 Å². The largest absolute Gasteiger partial charge is 0.469 e. The lowest BCUT2D eigenvalue weighted by molar-refractivity contribution is -0.141. The van der Waals surface area contributed by atoms with E-state index in [1.165, 1.54) is 18.4 Å². The molecule has 2 heterocycles. The maximum Gasteiger partial charge on any atom is 0.319 e. The van der Waals surface area contributed by atoms with Crippen LogP contribution in [0.4, 0.5) is 10.5 Å². The molecule has 0 radical (unpaired) electrons. The summed E-state index contributed by atoms with van der Waals surface area (Å²) in [6.07, 6.45) is 1.83. The number of thiazole rings is 1. The quantitative estimate of drug-likeness (QED) is 0.618. The van der Waals surface area contributed by atoms with Gasteiger partial charge in [0.2, 0.25) is 0 Å². The lowest BCUT2D eigenvalue weighted by atomic mass is 10.1. The summed E-state index contributed by atoms with van der Waals surface area (Å²) in [6.45, 7) is 0. The van der Waals surface area contributed by atoms with E-state index in [-0.39, 0.29) is 18.4 Å². The average molecular weight is 387 g/mol. The van der Waals surface area contributed by atoms with Crippen molar-refractivity contribution in [2.75, 3.05) is 12.4 Å². The number of nitrogens with zero attached hydrogens (tertiary/aromatic N) is 1. The van der Waals surface area contributed by atoms with Crippen LogP contribution in [0.15, 0.2) is 53.4 Å². The van der Waals surface area contributed by atoms with E-state index in [0.29, 0.717) is 5.69 Å². The molecule has 0 spiro atoms. The highest BCUT2D eigenvalue weighted by Crippen LogP contribution is 2.24. The molecule has 3 aromatic rings. The molecule has 6 nitrogen and oxygen atoms in total. The summed E-state index contributed by atoms with van der Waals surface area (Å²) in [5.74, 6) is -0.378. The fourth-order valence-electron chi connectivity index (χ4n) is 2.35. The van der Waals surface area contributed by atoms with Gasteiger partial charge in [-0.3, -0.25) is 4.79 Å². The zero-order valence-electron chi connectivity index (χ0n) is 14.0. The van der Waals surface area contributed by atoms with Crippen LogP contribution in [0.2, 0.25) is 0 Å². The number of rotatable bonds is 6. The Balaban J connectivity index is 1.63. The number of aromatic nitrogens is 1. The van der Waals surface area contributed by atoms with Crippen molar-refractivity contribution in [3.63, 3.8) is 0 Å². The normalized spacial score (nSPS) is 11.6. The minimum atomic E-state index is -0.433. The van der Waals surface area contributed by atoms with E-state index in [2.05, 4.69) is 15.6 Å². The molecule has 3 rings (SSSR count). The SMILES string of the molecule is COC(=O)CC(NC(=O)Nc1ccc(-c2nccs2)cc1)c1cccs1. The first-order valence-electron chi connectivity index (χ1n) is 7.83. The molecule has 0 aliphatic rings. The van der Waals surface area contributed by atoms with E-state index in [0.717, 1.165) is 15.4 Å². The predicted octanol–water partition coefficient (Wildman–Crippen LogP) is 4.30. The van der Waals surface area contributed by atoms with E-state index in [4.69, 9.17) is 4.74 Å². The van der Waals surface area contributed by atoms with E-state index in [9.17, 15) is 9.59 Å². The number of nitrogens with one attached hydrogen (secondary N) is 2. The molecule has 2 N–H and O–H groups in total. The maximum atomic E-state index is 12.3. The summed E-state index contributed by atoms with van der Waals surface area (Å²) in [4.78, 5) is 29.1. The van der Waals surface area contributed by atoms with Crippen molar-refractivity contribution in [3.8, 4) is 10.6 Å². The molecule has 1 aromatic carbocycles. The highest BCUT2D eigenvalue weighted by Gasteiger charge is 2.19. The molecule has 1 atom stereocenters. The standard InChI is InChI=1S/C18H17N3O3S2/c1-24-16(22)11-14(15-3-2-9-25-15)21-18(23)20-13-6-4-12(5-7-13)17-19-8-10-26-17/h2-10,14H,11H2,1H3,(H2,20,21,23). The fourth-order valence-corrected chi connectivity index (χ4v) is 3.77. The third kappa shape index (κ3) is 4.68. The summed E-state index contributed by atoms with van der Waals surface area (Å²) in [6, 6.07) is 10.4. The molecule has 0 aliphatic heterocycles. The van der Waals surface area contributed by atoms with E-state index in [1.807, 2.05) is 47.2 Å². The number of carbonyl (C=O) groups excluding carboxylic acids is 2. The zero-order valence-corrected chi connectivity index (χ0v) is 15.6. The molecule has 0 bridgehead atoms. The van der Waals surface area contributed by atoms with Crippen molar-refractivity contribution in [2.24, 2.45) is 0 Å². The number of ether oxygens (including phenoxy) is 1. The smallest absolute Gasteiger partial charge is 0.319 e. The molecule has 2 aromatic heterocycles. The zero-order chi connectivity index (χ0) is 18.4. The van der Waals surface area contributed by atoms with Crippen molar-refractivity contribution < 1.29 is 14.3 Å². The summed E-state index contributed by atoms with van der Waals surface area (Å²) < 4.78 is 4.72. The van der Waals surface area contributed by atoms with Crippen LogP contribution in [0.3, 0.4) is 0 Å². The van der Waals surface area contributed by atoms with Gasteiger partial charge in [-0.2, -0.15) is 0 Å². The summed E-state index contributed by atoms with van der Waals surface area (Å²) >= 11 is 3.03. The second-order valence-corrected chi connectivity index (χ2v) is 7.24. The molecule has 0 fully saturated rings. The Bertz CT molecular complexity index is 846. The Morgan fingerprint density at radius 3 is 2.58 bits per heavy atom. The van der Waals surface area contributed by atoms with Gasteiger partial charge in [0.05, 0.1) is 19.6 Å². The van der Waals surface area contributed by atoms with Gasteiger partial charge in [-0.05, 0) is 35.7 Å². The second kappa shape index (κ2) is 8.59. The number of anilines is 1. The summed E-state index contributed by atoms with van der Waals surface area (Å²) in [7, 11) is 1.33. The van der Waals surface area contributed by atoms with Crippen molar-refractivity contribution in [3.05, 3.63) is 58.2 Å². The minimum absolute atomic E-state index is 0.0768. The van der Waals surface area contributed by atoms with E-state index < -0.39 is 6.04 Å². The first kappa shape index (κ1) is 18.1. The number of esters is 1. The van der Waals surface area contributed by atoms with Crippen LogP contribution in [0.1, 0.15) is 17.3 Å². The molecule has 26 heavy (non-hydrogen) atoms. The molecule has 0 saturated heterocycles. The lowest BCUT2D eigenvalue weighted by Crippen LogP contribution is -2.33. The second-order valence-electron chi connectivity index (χ2n) is 5.36. The number of methoxy groups -OCH3 is 1. The molecule has 8 heteroatoms. The van der Waals surface area contributed by atoms with Crippen LogP contribution < -0.4 is 10.6 Å². The molecule has 1 unspecified atom stereocenters. The van der Waals surface area contributed by atoms with Gasteiger partial charge in [0.25, 0.3) is 0 Å². The predicted molar refractivity (Wildman–Crippen MR) is 103 cm³/mol. The summed E-state index contributed by atoms with van der Waals surface area (Å²) in [5, 5.41) is 10.4. The fraction of sp³-hybridized carbons (Fsp3) is 0.167. The Labute approximate surface area is 158 Å². The van der Waals surface area contributed by atoms with Crippen molar-refractivity contribution in [1.82, 2.24) is 10.3 Å². The van der Waals surface area contributed by atoms with E-state index >= 15 is 0 Å². The maximum absolute atomic E-state index is 12.3. The first-order chi connectivity index (χ1) is 12.7. The number of carbonyl (C=O) groups is 2. The third-order valence-corrected chi connectivity index (χ3v) is 5.42. The first-order valence-corrected chi connectivity index (χ1v) is 9.59. The monoisotopic (exact) mass is 387 g/mol. The van der Waals surface area contributed by atoms with Gasteiger partial charge in [0.1, 0.15) is 5.01 Å². The highest BCUT2D eigenvalue weighted by molar-refractivity contribution is 7.13. The van der Waals surface area contributed by atoms with Gasteiger partial charge in [-0.25, -0.2) is 9.78 Å². The third-order valence-electron chi connectivity index (χ3n) is 3.61. The van der Waals surface area contributed by atoms with Crippen LogP contribution in [0.5, 0.6) is 0 Å². The Morgan fingerprint density at radius 1 is 1.15 bits per heavy atom. The molecule has 0 aliphatic carbocycles. The molecule has 2 amide bonds. The van der Waals surface area contributed by atoms with Crippen LogP contribution in [-0.4, -0.2) is 24.1 Å². The van der Waals surface area contributed by atoms with Crippen molar-refractivity contribution >= 4 is 40.4 Å². The Hall–Kier alpha value is -2.71. The minimum Gasteiger partial charge on any atom is -0.469 e. The lowest BCUT2D eigenvalue weighted by Gasteiger charge is -2.17. The molecular formula is C18H17N3O3S2. The van der Waals surface area contributed by atoms with Crippen molar-refractivity contribution in [1.29, 1.82) is 0 Å². The van der Waals surface area contributed by atoms with Crippen LogP contribution in [0.25, 0.3) is 10.6 Å². The van der Waals surface area contributed by atoms with Gasteiger partial charge in [-0.15, -0.1) is 22.7 Å². The Morgan fingerprint density at radius 2 is 1.96 bits per heavy atom. The number of thiophene rings is 1. The number of benzene rings is 1. The van der Waals surface area contributed by atoms with Crippen LogP contribution in [-0.2, 0) is 9.53 Å². The van der Waals surface area contributed by atoms with Crippen molar-refractivity contribution in [2.45, 2.75) is 12.5 Å². The van der Waals surface area contributed by atoms with Gasteiger partial charge in [-0.1, -0.05) is 6.07 Å². The molecular weight excluding hydrogens is 370 g/mol.